The van der Waals surface area contributed by atoms with Crippen molar-refractivity contribution in [1.29, 1.82) is 0 Å². The molecule has 0 aromatic heterocycles. The molecular formula is C10H15F2Hf-3. The Morgan fingerprint density at radius 2 is 1.38 bits per heavy atom. The smallest absolute Gasteiger partial charge is 0 e. The van der Waals surface area contributed by atoms with E-state index in [0.717, 1.165) is 0 Å². The van der Waals surface area contributed by atoms with E-state index in [0.29, 0.717) is 0 Å². The maximum Gasteiger partial charge on any atom is 0 e. The van der Waals surface area contributed by atoms with Gasteiger partial charge in [0.25, 0.3) is 0 Å². The van der Waals surface area contributed by atoms with Crippen molar-refractivity contribution in [3.63, 3.8) is 0 Å². The molecule has 0 saturated heterocycles. The maximum absolute atomic E-state index is 3.44. The fraction of sp³-hybridized carbons (Fsp3) is 0.600. The molecule has 0 saturated carbocycles. The van der Waals surface area contributed by atoms with Crippen LogP contribution in [-0.2, 0) is 25.8 Å². The second kappa shape index (κ2) is 5.84. The molecule has 0 aliphatic heterocycles. The number of rotatable bonds is 0. The van der Waals surface area contributed by atoms with Crippen molar-refractivity contribution in [3.8, 4) is 0 Å². The summed E-state index contributed by atoms with van der Waals surface area (Å²) in [6.45, 7) is 10.9. The van der Waals surface area contributed by atoms with E-state index in [1.165, 1.54) is 16.7 Å². The fourth-order valence-corrected chi connectivity index (χ4v) is 1.41. The largest absolute Gasteiger partial charge is 1.00 e. The zero-order valence-corrected chi connectivity index (χ0v) is 12.3. The van der Waals surface area contributed by atoms with Gasteiger partial charge in [-0.3, -0.25) is 6.08 Å². The molecule has 0 N–H and O–H groups in total. The number of allylic oxidation sites excluding steroid dienone is 4. The summed E-state index contributed by atoms with van der Waals surface area (Å²) < 4.78 is 0. The summed E-state index contributed by atoms with van der Waals surface area (Å²) in [5, 5.41) is 0. The molecule has 0 unspecified atom stereocenters. The van der Waals surface area contributed by atoms with Gasteiger partial charge in [0.15, 0.2) is 0 Å². The third-order valence-corrected chi connectivity index (χ3v) is 2.56. The molecule has 1 aliphatic carbocycles. The first kappa shape index (κ1) is 18.9. The van der Waals surface area contributed by atoms with Crippen LogP contribution in [0.2, 0.25) is 0 Å². The molecule has 0 radical (unpaired) electrons. The minimum Gasteiger partial charge on any atom is -1.00 e. The van der Waals surface area contributed by atoms with Crippen LogP contribution in [0.3, 0.4) is 0 Å². The van der Waals surface area contributed by atoms with Gasteiger partial charge in [-0.1, -0.05) is 33.1 Å². The number of halogens is 2. The Morgan fingerprint density at radius 1 is 1.00 bits per heavy atom. The molecule has 0 aromatic carbocycles. The van der Waals surface area contributed by atoms with Crippen LogP contribution >= 0.6 is 0 Å². The fourth-order valence-electron chi connectivity index (χ4n) is 1.41. The molecule has 0 bridgehead atoms. The van der Waals surface area contributed by atoms with Gasteiger partial charge in [0.2, 0.25) is 0 Å². The van der Waals surface area contributed by atoms with Crippen molar-refractivity contribution in [2.45, 2.75) is 34.6 Å². The predicted molar refractivity (Wildman–Crippen MR) is 44.6 cm³/mol. The summed E-state index contributed by atoms with van der Waals surface area (Å²) >= 11 is 0. The van der Waals surface area contributed by atoms with E-state index < -0.39 is 0 Å². The van der Waals surface area contributed by atoms with Crippen molar-refractivity contribution in [2.75, 3.05) is 0 Å². The molecule has 3 heteroatoms. The average molecular weight is 352 g/mol. The number of hydrogen-bond donors (Lipinski definition) is 0. The van der Waals surface area contributed by atoms with Crippen molar-refractivity contribution < 1.29 is 35.3 Å². The summed E-state index contributed by atoms with van der Waals surface area (Å²) in [4.78, 5) is 0. The van der Waals surface area contributed by atoms with E-state index in [4.69, 9.17) is 0 Å². The van der Waals surface area contributed by atoms with Crippen LogP contribution in [0.15, 0.2) is 16.7 Å². The van der Waals surface area contributed by atoms with E-state index in [1.54, 1.807) is 0 Å². The second-order valence-electron chi connectivity index (χ2n) is 3.62. The van der Waals surface area contributed by atoms with Crippen LogP contribution in [0.4, 0.5) is 0 Å². The number of hydrogen-bond acceptors (Lipinski definition) is 0. The van der Waals surface area contributed by atoms with Crippen LogP contribution in [-0.4, -0.2) is 0 Å². The molecule has 0 aromatic rings. The van der Waals surface area contributed by atoms with Crippen molar-refractivity contribution in [3.05, 3.63) is 22.8 Å². The molecule has 0 nitrogen and oxygen atoms in total. The monoisotopic (exact) mass is 353 g/mol. The van der Waals surface area contributed by atoms with Gasteiger partial charge in [-0.25, -0.2) is 5.57 Å². The maximum atomic E-state index is 3.44. The van der Waals surface area contributed by atoms with Gasteiger partial charge in [-0.05, 0) is 0 Å². The Balaban J connectivity index is -0.000000333. The van der Waals surface area contributed by atoms with Gasteiger partial charge >= 0.3 is 0 Å². The summed E-state index contributed by atoms with van der Waals surface area (Å²) in [7, 11) is 0. The molecule has 1 rings (SSSR count). The molecule has 0 fully saturated rings. The van der Waals surface area contributed by atoms with Crippen LogP contribution in [0.5, 0.6) is 0 Å². The van der Waals surface area contributed by atoms with Gasteiger partial charge in [-0.15, -0.1) is 6.92 Å². The van der Waals surface area contributed by atoms with Crippen LogP contribution in [0.1, 0.15) is 34.6 Å². The molecule has 13 heavy (non-hydrogen) atoms. The van der Waals surface area contributed by atoms with Crippen molar-refractivity contribution >= 4 is 0 Å². The van der Waals surface area contributed by atoms with Gasteiger partial charge < -0.3 is 9.41 Å². The molecule has 1 aliphatic rings. The first-order valence-electron chi connectivity index (χ1n) is 3.75. The van der Waals surface area contributed by atoms with Gasteiger partial charge in [0, 0.05) is 25.8 Å². The first-order chi connectivity index (χ1) is 4.45. The van der Waals surface area contributed by atoms with Gasteiger partial charge in [0.05, 0.1) is 0 Å². The van der Waals surface area contributed by atoms with Crippen molar-refractivity contribution in [1.82, 2.24) is 0 Å². The van der Waals surface area contributed by atoms with E-state index in [9.17, 15) is 0 Å². The Hall–Kier alpha value is 0.210. The van der Waals surface area contributed by atoms with Crippen LogP contribution in [0, 0.1) is 11.5 Å². The normalized spacial score (nSPS) is 18.1. The summed E-state index contributed by atoms with van der Waals surface area (Å²) in [6, 6.07) is 0. The predicted octanol–water partition coefficient (Wildman–Crippen LogP) is -2.88. The minimum absolute atomic E-state index is 0. The first-order valence-corrected chi connectivity index (χ1v) is 3.75. The van der Waals surface area contributed by atoms with E-state index in [1.807, 2.05) is 0 Å². The topological polar surface area (TPSA) is 0 Å². The Bertz CT molecular complexity index is 227. The van der Waals surface area contributed by atoms with Gasteiger partial charge in [-0.2, -0.15) is 11.1 Å². The SMILES string of the molecule is CC1=[C-]C(C)(C)C(C)=C1C.[F-].[F-].[Hf]. The molecule has 0 atom stereocenters. The Labute approximate surface area is 98.0 Å². The summed E-state index contributed by atoms with van der Waals surface area (Å²) in [6.07, 6.45) is 3.44. The molecule has 0 heterocycles. The van der Waals surface area contributed by atoms with E-state index in [2.05, 4.69) is 40.7 Å². The van der Waals surface area contributed by atoms with Crippen LogP contribution in [0.25, 0.3) is 0 Å². The summed E-state index contributed by atoms with van der Waals surface area (Å²) in [5.41, 5.74) is 4.39. The third kappa shape index (κ3) is 3.45. The second-order valence-corrected chi connectivity index (χ2v) is 3.62. The van der Waals surface area contributed by atoms with E-state index in [-0.39, 0.29) is 40.7 Å². The zero-order chi connectivity index (χ0) is 7.94. The van der Waals surface area contributed by atoms with Crippen molar-refractivity contribution in [2.24, 2.45) is 5.41 Å². The average Bonchev–Trinajstić information content (AvgIpc) is 1.95. The zero-order valence-electron chi connectivity index (χ0n) is 8.76. The molecule has 0 spiro atoms. The molecule has 0 amide bonds. The molecular weight excluding hydrogens is 337 g/mol. The van der Waals surface area contributed by atoms with Gasteiger partial charge in [0.1, 0.15) is 0 Å². The Kier molecular flexibility index (Phi) is 8.49. The molecule has 76 valence electrons. The summed E-state index contributed by atoms with van der Waals surface area (Å²) in [5.74, 6) is 0. The third-order valence-electron chi connectivity index (χ3n) is 2.56. The Morgan fingerprint density at radius 3 is 1.46 bits per heavy atom. The standard InChI is InChI=1S/C10H15.2FH.Hf/c1-7-6-10(4,5)9(3)8(7)2;;;/h1-5H3;2*1H;/q-1;;;/p-2. The van der Waals surface area contributed by atoms with E-state index >= 15 is 0 Å². The quantitative estimate of drug-likeness (QED) is 0.325. The van der Waals surface area contributed by atoms with Crippen LogP contribution < -0.4 is 9.41 Å². The minimum atomic E-state index is 0.